The number of phenols is 1. The van der Waals surface area contributed by atoms with Crippen molar-refractivity contribution in [2.24, 2.45) is 5.10 Å². The topological polar surface area (TPSA) is 121 Å². The number of fused-ring (bicyclic) bond motifs is 3. The first-order valence-electron chi connectivity index (χ1n) is 8.97. The zero-order chi connectivity index (χ0) is 19.7. The maximum Gasteiger partial charge on any atom is 0.311 e. The van der Waals surface area contributed by atoms with Gasteiger partial charge in [-0.25, -0.2) is 5.43 Å². The second-order valence-electron chi connectivity index (χ2n) is 6.75. The molecule has 0 radical (unpaired) electrons. The molecule has 3 aromatic rings. The van der Waals surface area contributed by atoms with E-state index in [1.54, 1.807) is 6.07 Å². The van der Waals surface area contributed by atoms with Crippen LogP contribution in [0.15, 0.2) is 41.5 Å². The van der Waals surface area contributed by atoms with Gasteiger partial charge >= 0.3 is 5.69 Å². The van der Waals surface area contributed by atoms with Gasteiger partial charge in [0.25, 0.3) is 5.91 Å². The minimum absolute atomic E-state index is 0.364. The molecule has 0 atom stereocenters. The number of carbonyl (C=O) groups excluding carboxylic acids is 1. The van der Waals surface area contributed by atoms with Gasteiger partial charge in [0.1, 0.15) is 0 Å². The molecule has 1 heterocycles. The number of amides is 1. The monoisotopic (exact) mass is 378 g/mol. The third-order valence-electron chi connectivity index (χ3n) is 4.94. The Morgan fingerprint density at radius 2 is 2.04 bits per heavy atom. The van der Waals surface area contributed by atoms with Crippen molar-refractivity contribution in [2.75, 3.05) is 0 Å². The van der Waals surface area contributed by atoms with Crippen LogP contribution in [-0.2, 0) is 12.8 Å². The summed E-state index contributed by atoms with van der Waals surface area (Å²) in [5, 5.41) is 25.3. The van der Waals surface area contributed by atoms with Crippen LogP contribution in [0.25, 0.3) is 10.9 Å². The van der Waals surface area contributed by atoms with Crippen molar-refractivity contribution in [3.05, 3.63) is 68.9 Å². The summed E-state index contributed by atoms with van der Waals surface area (Å²) in [5.74, 6) is -0.786. The van der Waals surface area contributed by atoms with Crippen LogP contribution in [0.5, 0.6) is 5.75 Å². The highest BCUT2D eigenvalue weighted by atomic mass is 16.6. The average molecular weight is 378 g/mol. The average Bonchev–Trinajstić information content (AvgIpc) is 3.06. The maximum absolute atomic E-state index is 12.4. The van der Waals surface area contributed by atoms with E-state index in [1.807, 2.05) is 12.1 Å². The van der Waals surface area contributed by atoms with Gasteiger partial charge in [-0.15, -0.1) is 0 Å². The first kappa shape index (κ1) is 17.7. The van der Waals surface area contributed by atoms with E-state index in [0.717, 1.165) is 30.2 Å². The number of aromatic hydroxyl groups is 1. The van der Waals surface area contributed by atoms with Gasteiger partial charge in [-0.1, -0.05) is 0 Å². The van der Waals surface area contributed by atoms with E-state index in [9.17, 15) is 20.0 Å². The maximum atomic E-state index is 12.4. The number of hydrazone groups is 1. The Labute approximate surface area is 160 Å². The van der Waals surface area contributed by atoms with E-state index in [1.165, 1.54) is 42.1 Å². The summed E-state index contributed by atoms with van der Waals surface area (Å²) in [6.45, 7) is 0. The highest BCUT2D eigenvalue weighted by molar-refractivity contribution is 5.99. The quantitative estimate of drug-likeness (QED) is 0.366. The molecule has 2 aromatic carbocycles. The van der Waals surface area contributed by atoms with Crippen molar-refractivity contribution in [3.8, 4) is 5.75 Å². The molecule has 0 bridgehead atoms. The number of H-pyrrole nitrogens is 1. The van der Waals surface area contributed by atoms with Crippen LogP contribution in [-0.4, -0.2) is 27.1 Å². The van der Waals surface area contributed by atoms with Crippen LogP contribution in [0.3, 0.4) is 0 Å². The molecule has 0 aliphatic heterocycles. The van der Waals surface area contributed by atoms with Crippen molar-refractivity contribution in [1.82, 2.24) is 10.4 Å². The van der Waals surface area contributed by atoms with Crippen molar-refractivity contribution in [3.63, 3.8) is 0 Å². The van der Waals surface area contributed by atoms with Crippen molar-refractivity contribution < 1.29 is 14.8 Å². The molecule has 0 saturated heterocycles. The van der Waals surface area contributed by atoms with Crippen LogP contribution in [0.4, 0.5) is 5.69 Å². The molecule has 3 N–H and O–H groups in total. The molecule has 0 unspecified atom stereocenters. The third kappa shape index (κ3) is 3.32. The van der Waals surface area contributed by atoms with E-state index < -0.39 is 16.4 Å². The molecule has 8 heteroatoms. The Morgan fingerprint density at radius 1 is 1.21 bits per heavy atom. The smallest absolute Gasteiger partial charge is 0.311 e. The highest BCUT2D eigenvalue weighted by Crippen LogP contribution is 2.29. The van der Waals surface area contributed by atoms with E-state index in [4.69, 9.17) is 0 Å². The molecular formula is C20H18N4O4. The predicted molar refractivity (Wildman–Crippen MR) is 105 cm³/mol. The lowest BCUT2D eigenvalue weighted by Gasteiger charge is -2.10. The second kappa shape index (κ2) is 7.15. The lowest BCUT2D eigenvalue weighted by Crippen LogP contribution is -2.17. The molecule has 0 fully saturated rings. The van der Waals surface area contributed by atoms with Gasteiger partial charge in [0.15, 0.2) is 5.75 Å². The highest BCUT2D eigenvalue weighted by Gasteiger charge is 2.17. The lowest BCUT2D eigenvalue weighted by atomic mass is 9.95. The number of nitrogens with zero attached hydrogens (tertiary/aromatic N) is 2. The van der Waals surface area contributed by atoms with Crippen LogP contribution in [0.1, 0.15) is 40.0 Å². The summed E-state index contributed by atoms with van der Waals surface area (Å²) in [6.07, 6.45) is 5.67. The Balaban J connectivity index is 1.51. The molecule has 1 aliphatic rings. The van der Waals surface area contributed by atoms with Gasteiger partial charge in [-0.3, -0.25) is 14.9 Å². The number of aromatic amines is 1. The van der Waals surface area contributed by atoms with Gasteiger partial charge in [-0.2, -0.15) is 5.10 Å². The van der Waals surface area contributed by atoms with E-state index >= 15 is 0 Å². The fourth-order valence-electron chi connectivity index (χ4n) is 3.54. The van der Waals surface area contributed by atoms with Gasteiger partial charge in [0, 0.05) is 33.8 Å². The zero-order valence-electron chi connectivity index (χ0n) is 14.9. The number of phenolic OH excluding ortho intramolecular Hbond substituents is 1. The van der Waals surface area contributed by atoms with Gasteiger partial charge in [0.05, 0.1) is 11.1 Å². The Bertz CT molecular complexity index is 1120. The Kier molecular flexibility index (Phi) is 4.52. The normalized spacial score (nSPS) is 13.6. The summed E-state index contributed by atoms with van der Waals surface area (Å²) >= 11 is 0. The number of hydrogen-bond donors (Lipinski definition) is 3. The fraction of sp³-hybridized carbons (Fsp3) is 0.200. The molecule has 0 saturated carbocycles. The standard InChI is InChI=1S/C20H18N4O4/c25-19-8-5-12(9-18(19)24(27)28)11-21-23-20(26)13-6-7-17-15(10-13)14-3-1-2-4-16(14)22-17/h5-11,22,25H,1-4H2,(H,23,26)/b21-11+. The number of aryl methyl sites for hydroxylation is 2. The molecule has 1 aromatic heterocycles. The van der Waals surface area contributed by atoms with E-state index in [-0.39, 0.29) is 5.91 Å². The molecule has 1 amide bonds. The first-order valence-corrected chi connectivity index (χ1v) is 8.97. The van der Waals surface area contributed by atoms with Crippen LogP contribution < -0.4 is 5.43 Å². The van der Waals surface area contributed by atoms with E-state index in [0.29, 0.717) is 11.1 Å². The predicted octanol–water partition coefficient (Wildman–Crippen LogP) is 3.42. The van der Waals surface area contributed by atoms with Crippen molar-refractivity contribution in [2.45, 2.75) is 25.7 Å². The van der Waals surface area contributed by atoms with Crippen molar-refractivity contribution in [1.29, 1.82) is 0 Å². The summed E-state index contributed by atoms with van der Waals surface area (Å²) in [6, 6.07) is 9.37. The van der Waals surface area contributed by atoms with Gasteiger partial charge in [0.2, 0.25) is 0 Å². The minimum Gasteiger partial charge on any atom is -0.502 e. The molecule has 8 nitrogen and oxygen atoms in total. The number of carbonyl (C=O) groups is 1. The number of nitro benzene ring substituents is 1. The largest absolute Gasteiger partial charge is 0.502 e. The summed E-state index contributed by atoms with van der Waals surface area (Å²) in [5.41, 5.74) is 6.47. The first-order chi connectivity index (χ1) is 13.5. The van der Waals surface area contributed by atoms with Crippen LogP contribution >= 0.6 is 0 Å². The fourth-order valence-corrected chi connectivity index (χ4v) is 3.54. The third-order valence-corrected chi connectivity index (χ3v) is 4.94. The lowest BCUT2D eigenvalue weighted by molar-refractivity contribution is -0.385. The summed E-state index contributed by atoms with van der Waals surface area (Å²) < 4.78 is 0. The molecule has 0 spiro atoms. The van der Waals surface area contributed by atoms with Crippen LogP contribution in [0.2, 0.25) is 0 Å². The Morgan fingerprint density at radius 3 is 2.86 bits per heavy atom. The molecule has 142 valence electrons. The van der Waals surface area contributed by atoms with Gasteiger partial charge in [-0.05, 0) is 61.6 Å². The number of rotatable bonds is 4. The summed E-state index contributed by atoms with van der Waals surface area (Å²) in [7, 11) is 0. The van der Waals surface area contributed by atoms with E-state index in [2.05, 4.69) is 15.5 Å². The molecule has 4 rings (SSSR count). The number of nitrogens with one attached hydrogen (secondary N) is 2. The number of nitro groups is 1. The zero-order valence-corrected chi connectivity index (χ0v) is 14.9. The Hall–Kier alpha value is -3.68. The molecule has 1 aliphatic carbocycles. The van der Waals surface area contributed by atoms with Crippen molar-refractivity contribution >= 4 is 28.7 Å². The van der Waals surface area contributed by atoms with Gasteiger partial charge < -0.3 is 10.1 Å². The SMILES string of the molecule is O=C(N/N=C/c1ccc(O)c([N+](=O)[O-])c1)c1ccc2[nH]c3c(c2c1)CCCC3. The number of benzene rings is 2. The molecule has 28 heavy (non-hydrogen) atoms. The number of hydrogen-bond acceptors (Lipinski definition) is 5. The minimum atomic E-state index is -0.683. The number of aromatic nitrogens is 1. The summed E-state index contributed by atoms with van der Waals surface area (Å²) in [4.78, 5) is 26.0. The second-order valence-corrected chi connectivity index (χ2v) is 6.75. The molecular weight excluding hydrogens is 360 g/mol. The van der Waals surface area contributed by atoms with Crippen LogP contribution in [0, 0.1) is 10.1 Å².